The lowest BCUT2D eigenvalue weighted by Gasteiger charge is -2.12. The lowest BCUT2D eigenvalue weighted by Crippen LogP contribution is -2.11. The van der Waals surface area contributed by atoms with E-state index in [4.69, 9.17) is 10.5 Å². The minimum atomic E-state index is 0.436. The van der Waals surface area contributed by atoms with Gasteiger partial charge in [0.2, 0.25) is 5.88 Å². The van der Waals surface area contributed by atoms with Crippen molar-refractivity contribution in [3.8, 4) is 5.88 Å². The predicted octanol–water partition coefficient (Wildman–Crippen LogP) is 2.09. The van der Waals surface area contributed by atoms with Crippen LogP contribution in [-0.2, 0) is 13.5 Å². The number of rotatable bonds is 7. The fourth-order valence-electron chi connectivity index (χ4n) is 1.85. The second kappa shape index (κ2) is 6.97. The summed E-state index contributed by atoms with van der Waals surface area (Å²) in [7, 11) is 1.99. The average Bonchev–Trinajstić information content (AvgIpc) is 2.84. The van der Waals surface area contributed by atoms with Crippen LogP contribution in [0.5, 0.6) is 5.88 Å². The number of nitrogens with one attached hydrogen (secondary N) is 1. The molecule has 0 saturated carbocycles. The van der Waals surface area contributed by atoms with E-state index in [1.54, 1.807) is 6.20 Å². The Kier molecular flexibility index (Phi) is 5.03. The number of aromatic nitrogens is 3. The van der Waals surface area contributed by atoms with Crippen LogP contribution in [0.15, 0.2) is 24.5 Å². The Labute approximate surface area is 125 Å². The van der Waals surface area contributed by atoms with E-state index >= 15 is 0 Å². The summed E-state index contributed by atoms with van der Waals surface area (Å²) in [6, 6.07) is 3.67. The van der Waals surface area contributed by atoms with Crippen molar-refractivity contribution in [2.75, 3.05) is 24.2 Å². The van der Waals surface area contributed by atoms with E-state index in [0.717, 1.165) is 24.6 Å². The highest BCUT2D eigenvalue weighted by molar-refractivity contribution is 5.53. The Bertz CT molecular complexity index is 579. The SMILES string of the molecule is CC(C)COc1nc(NCCc2nccn2C)ccc1N. The maximum Gasteiger partial charge on any atom is 0.239 e. The summed E-state index contributed by atoms with van der Waals surface area (Å²) in [4.78, 5) is 8.69. The van der Waals surface area contributed by atoms with Crippen molar-refractivity contribution in [3.05, 3.63) is 30.4 Å². The predicted molar refractivity (Wildman–Crippen MR) is 84.4 cm³/mol. The number of imidazole rings is 1. The summed E-state index contributed by atoms with van der Waals surface area (Å²) in [6.07, 6.45) is 4.57. The molecule has 0 aliphatic carbocycles. The van der Waals surface area contributed by atoms with Gasteiger partial charge in [-0.05, 0) is 18.1 Å². The number of nitrogen functional groups attached to an aromatic ring is 1. The van der Waals surface area contributed by atoms with Crippen LogP contribution in [0.25, 0.3) is 0 Å². The van der Waals surface area contributed by atoms with Gasteiger partial charge in [0.15, 0.2) is 0 Å². The van der Waals surface area contributed by atoms with Gasteiger partial charge in [0.1, 0.15) is 11.6 Å². The third kappa shape index (κ3) is 4.37. The van der Waals surface area contributed by atoms with Crippen LogP contribution in [0.3, 0.4) is 0 Å². The molecule has 0 aliphatic rings. The first-order valence-electron chi connectivity index (χ1n) is 7.15. The standard InChI is InChI=1S/C15H23N5O/c1-11(2)10-21-15-12(16)4-5-13(19-15)17-7-6-14-18-8-9-20(14)3/h4-5,8-9,11H,6-7,10,16H2,1-3H3,(H,17,19). The van der Waals surface area contributed by atoms with Crippen molar-refractivity contribution < 1.29 is 4.74 Å². The monoisotopic (exact) mass is 289 g/mol. The molecule has 0 amide bonds. The molecular formula is C15H23N5O. The Balaban J connectivity index is 1.91. The molecule has 2 aromatic rings. The van der Waals surface area contributed by atoms with E-state index in [1.165, 1.54) is 0 Å². The second-order valence-corrected chi connectivity index (χ2v) is 5.43. The Morgan fingerprint density at radius 3 is 2.86 bits per heavy atom. The molecule has 0 unspecified atom stereocenters. The van der Waals surface area contributed by atoms with Gasteiger partial charge >= 0.3 is 0 Å². The van der Waals surface area contributed by atoms with E-state index in [1.807, 2.05) is 29.9 Å². The Morgan fingerprint density at radius 1 is 1.38 bits per heavy atom. The summed E-state index contributed by atoms with van der Waals surface area (Å²) >= 11 is 0. The molecule has 0 aromatic carbocycles. The lowest BCUT2D eigenvalue weighted by atomic mass is 10.2. The number of anilines is 2. The minimum absolute atomic E-state index is 0.436. The quantitative estimate of drug-likeness (QED) is 0.816. The topological polar surface area (TPSA) is 78.0 Å². The van der Waals surface area contributed by atoms with Gasteiger partial charge in [-0.2, -0.15) is 4.98 Å². The van der Waals surface area contributed by atoms with Gasteiger partial charge in [-0.15, -0.1) is 0 Å². The first-order chi connectivity index (χ1) is 10.1. The van der Waals surface area contributed by atoms with E-state index < -0.39 is 0 Å². The van der Waals surface area contributed by atoms with E-state index in [2.05, 4.69) is 29.1 Å². The molecule has 2 aromatic heterocycles. The third-order valence-corrected chi connectivity index (χ3v) is 3.02. The van der Waals surface area contributed by atoms with Crippen LogP contribution in [-0.4, -0.2) is 27.7 Å². The zero-order valence-corrected chi connectivity index (χ0v) is 12.8. The molecule has 0 atom stereocenters. The van der Waals surface area contributed by atoms with Crippen LogP contribution in [0.2, 0.25) is 0 Å². The maximum absolute atomic E-state index is 5.87. The molecule has 0 saturated heterocycles. The molecule has 0 radical (unpaired) electrons. The molecule has 2 heterocycles. The van der Waals surface area contributed by atoms with Crippen LogP contribution in [0.1, 0.15) is 19.7 Å². The maximum atomic E-state index is 5.87. The number of nitrogens with zero attached hydrogens (tertiary/aromatic N) is 3. The summed E-state index contributed by atoms with van der Waals surface area (Å²) < 4.78 is 7.63. The van der Waals surface area contributed by atoms with Gasteiger partial charge in [0.05, 0.1) is 12.3 Å². The van der Waals surface area contributed by atoms with E-state index in [9.17, 15) is 0 Å². The molecule has 21 heavy (non-hydrogen) atoms. The number of hydrogen-bond acceptors (Lipinski definition) is 5. The zero-order chi connectivity index (χ0) is 15.2. The number of nitrogens with two attached hydrogens (primary N) is 1. The molecule has 0 spiro atoms. The van der Waals surface area contributed by atoms with Crippen molar-refractivity contribution in [2.24, 2.45) is 13.0 Å². The number of aryl methyl sites for hydroxylation is 1. The van der Waals surface area contributed by atoms with Crippen LogP contribution >= 0.6 is 0 Å². The molecule has 0 fully saturated rings. The molecule has 3 N–H and O–H groups in total. The van der Waals surface area contributed by atoms with Gasteiger partial charge in [-0.25, -0.2) is 4.98 Å². The van der Waals surface area contributed by atoms with Crippen molar-refractivity contribution in [1.82, 2.24) is 14.5 Å². The molecule has 2 rings (SSSR count). The van der Waals surface area contributed by atoms with E-state index in [0.29, 0.717) is 24.1 Å². The highest BCUT2D eigenvalue weighted by atomic mass is 16.5. The van der Waals surface area contributed by atoms with E-state index in [-0.39, 0.29) is 0 Å². The second-order valence-electron chi connectivity index (χ2n) is 5.43. The zero-order valence-electron chi connectivity index (χ0n) is 12.8. The Morgan fingerprint density at radius 2 is 2.19 bits per heavy atom. The van der Waals surface area contributed by atoms with Crippen molar-refractivity contribution >= 4 is 11.5 Å². The largest absolute Gasteiger partial charge is 0.476 e. The first-order valence-corrected chi connectivity index (χ1v) is 7.15. The van der Waals surface area contributed by atoms with Crippen molar-refractivity contribution in [2.45, 2.75) is 20.3 Å². The summed E-state index contributed by atoms with van der Waals surface area (Å²) in [5.41, 5.74) is 6.43. The first kappa shape index (κ1) is 15.2. The summed E-state index contributed by atoms with van der Waals surface area (Å²) in [6.45, 7) is 5.54. The van der Waals surface area contributed by atoms with Crippen molar-refractivity contribution in [1.29, 1.82) is 0 Å². The fraction of sp³-hybridized carbons (Fsp3) is 0.467. The Hall–Kier alpha value is -2.24. The van der Waals surface area contributed by atoms with Gasteiger partial charge < -0.3 is 20.4 Å². The minimum Gasteiger partial charge on any atom is -0.476 e. The number of ether oxygens (including phenoxy) is 1. The van der Waals surface area contributed by atoms with Crippen LogP contribution in [0, 0.1) is 5.92 Å². The smallest absolute Gasteiger partial charge is 0.239 e. The van der Waals surface area contributed by atoms with Gasteiger partial charge in [0.25, 0.3) is 0 Å². The summed E-state index contributed by atoms with van der Waals surface area (Å²) in [5, 5.41) is 3.27. The molecule has 0 bridgehead atoms. The van der Waals surface area contributed by atoms with Crippen LogP contribution < -0.4 is 15.8 Å². The summed E-state index contributed by atoms with van der Waals surface area (Å²) in [5.74, 6) is 2.73. The molecular weight excluding hydrogens is 266 g/mol. The molecule has 6 heteroatoms. The van der Waals surface area contributed by atoms with Gasteiger partial charge in [0, 0.05) is 32.4 Å². The number of hydrogen-bond donors (Lipinski definition) is 2. The molecule has 114 valence electrons. The molecule has 0 aliphatic heterocycles. The van der Waals surface area contributed by atoms with Crippen LogP contribution in [0.4, 0.5) is 11.5 Å². The van der Waals surface area contributed by atoms with Crippen molar-refractivity contribution in [3.63, 3.8) is 0 Å². The highest BCUT2D eigenvalue weighted by Gasteiger charge is 2.06. The normalized spacial score (nSPS) is 10.9. The number of pyridine rings is 1. The highest BCUT2D eigenvalue weighted by Crippen LogP contribution is 2.21. The molecule has 6 nitrogen and oxygen atoms in total. The fourth-order valence-corrected chi connectivity index (χ4v) is 1.85. The van der Waals surface area contributed by atoms with Gasteiger partial charge in [-0.3, -0.25) is 0 Å². The van der Waals surface area contributed by atoms with Gasteiger partial charge in [-0.1, -0.05) is 13.8 Å². The lowest BCUT2D eigenvalue weighted by molar-refractivity contribution is 0.263. The average molecular weight is 289 g/mol. The third-order valence-electron chi connectivity index (χ3n) is 3.02.